The highest BCUT2D eigenvalue weighted by Gasteiger charge is 2.42. The summed E-state index contributed by atoms with van der Waals surface area (Å²) >= 11 is 13.1. The molecular formula is C24H27Cl2FN6O. The second kappa shape index (κ2) is 8.59. The first kappa shape index (κ1) is 22.5. The number of fused-ring (bicyclic) bond motifs is 1. The monoisotopic (exact) mass is 504 g/mol. The number of nitrogens with zero attached hydrogens (tertiary/aromatic N) is 5. The number of benzene rings is 1. The lowest BCUT2D eigenvalue weighted by atomic mass is 9.85. The minimum absolute atomic E-state index is 0.0785. The van der Waals surface area contributed by atoms with Crippen molar-refractivity contribution in [1.29, 1.82) is 0 Å². The molecule has 3 atom stereocenters. The van der Waals surface area contributed by atoms with Crippen molar-refractivity contribution in [2.24, 2.45) is 0 Å². The van der Waals surface area contributed by atoms with Crippen LogP contribution in [0.25, 0.3) is 10.9 Å². The number of hydrogen-bond donors (Lipinski definition) is 1. The van der Waals surface area contributed by atoms with Crippen molar-refractivity contribution in [2.75, 3.05) is 31.6 Å². The number of rotatable bonds is 5. The Morgan fingerprint density at radius 2 is 2.06 bits per heavy atom. The topological polar surface area (TPSA) is 68.1 Å². The van der Waals surface area contributed by atoms with Crippen LogP contribution >= 0.6 is 23.2 Å². The molecule has 3 unspecified atom stereocenters. The van der Waals surface area contributed by atoms with Crippen molar-refractivity contribution in [2.45, 2.75) is 56.3 Å². The smallest absolute Gasteiger partial charge is 0.227 e. The van der Waals surface area contributed by atoms with E-state index in [1.807, 2.05) is 16.8 Å². The van der Waals surface area contributed by atoms with E-state index >= 15 is 4.39 Å². The van der Waals surface area contributed by atoms with Gasteiger partial charge in [0.05, 0.1) is 30.0 Å². The molecule has 2 saturated heterocycles. The molecule has 3 aliphatic rings. The Kier molecular flexibility index (Phi) is 5.67. The minimum atomic E-state index is -1.01. The Labute approximate surface area is 207 Å². The van der Waals surface area contributed by atoms with Crippen LogP contribution in [0.15, 0.2) is 24.5 Å². The van der Waals surface area contributed by atoms with Gasteiger partial charge in [0.25, 0.3) is 0 Å². The van der Waals surface area contributed by atoms with Gasteiger partial charge >= 0.3 is 0 Å². The van der Waals surface area contributed by atoms with E-state index in [9.17, 15) is 0 Å². The lowest BCUT2D eigenvalue weighted by molar-refractivity contribution is 0.0228. The second-order valence-corrected chi connectivity index (χ2v) is 10.7. The third kappa shape index (κ3) is 4.04. The maximum atomic E-state index is 15.5. The number of halogens is 3. The molecule has 34 heavy (non-hydrogen) atoms. The maximum Gasteiger partial charge on any atom is 0.227 e. The van der Waals surface area contributed by atoms with Crippen LogP contribution in [0.1, 0.15) is 50.1 Å². The Balaban J connectivity index is 1.24. The first-order valence-electron chi connectivity index (χ1n) is 11.8. The van der Waals surface area contributed by atoms with E-state index in [4.69, 9.17) is 27.9 Å². The highest BCUT2D eigenvalue weighted by atomic mass is 35.5. The summed E-state index contributed by atoms with van der Waals surface area (Å²) < 4.78 is 22.9. The summed E-state index contributed by atoms with van der Waals surface area (Å²) in [6.07, 6.45) is 6.24. The van der Waals surface area contributed by atoms with Crippen LogP contribution in [0.2, 0.25) is 10.2 Å². The van der Waals surface area contributed by atoms with Crippen molar-refractivity contribution in [3.8, 4) is 0 Å². The summed E-state index contributed by atoms with van der Waals surface area (Å²) in [5.41, 5.74) is 2.11. The van der Waals surface area contributed by atoms with E-state index in [-0.39, 0.29) is 11.5 Å². The van der Waals surface area contributed by atoms with Crippen LogP contribution in [0, 0.1) is 0 Å². The first-order chi connectivity index (χ1) is 16.4. The lowest BCUT2D eigenvalue weighted by Gasteiger charge is -2.43. The van der Waals surface area contributed by atoms with Crippen molar-refractivity contribution < 1.29 is 9.13 Å². The zero-order valence-electron chi connectivity index (χ0n) is 19.0. The molecule has 0 spiro atoms. The fraction of sp³-hybridized carbons (Fsp3) is 0.542. The van der Waals surface area contributed by atoms with Gasteiger partial charge < -0.3 is 10.1 Å². The highest BCUT2D eigenvalue weighted by molar-refractivity contribution is 6.32. The molecule has 1 aliphatic carbocycles. The predicted octanol–water partition coefficient (Wildman–Crippen LogP) is 5.52. The van der Waals surface area contributed by atoms with Crippen LogP contribution in [0.4, 0.5) is 16.0 Å². The second-order valence-electron chi connectivity index (χ2n) is 9.93. The molecule has 3 aromatic rings. The number of ether oxygens (including phenoxy) is 1. The van der Waals surface area contributed by atoms with E-state index in [1.165, 1.54) is 0 Å². The van der Waals surface area contributed by atoms with Gasteiger partial charge in [-0.3, -0.25) is 4.90 Å². The molecule has 1 N–H and O–H groups in total. The molecule has 10 heteroatoms. The van der Waals surface area contributed by atoms with Gasteiger partial charge in [-0.15, -0.1) is 0 Å². The van der Waals surface area contributed by atoms with Gasteiger partial charge in [0.15, 0.2) is 5.15 Å². The zero-order valence-corrected chi connectivity index (χ0v) is 20.5. The Morgan fingerprint density at radius 3 is 2.79 bits per heavy atom. The third-order valence-electron chi connectivity index (χ3n) is 7.47. The molecule has 1 aromatic carbocycles. The minimum Gasteiger partial charge on any atom is -0.379 e. The van der Waals surface area contributed by atoms with Crippen molar-refractivity contribution in [1.82, 2.24) is 24.6 Å². The fourth-order valence-corrected chi connectivity index (χ4v) is 5.78. The molecular weight excluding hydrogens is 478 g/mol. The summed E-state index contributed by atoms with van der Waals surface area (Å²) in [5.74, 6) is 0.149. The number of aromatic nitrogens is 4. The highest BCUT2D eigenvalue weighted by Crippen LogP contribution is 2.41. The predicted molar refractivity (Wildman–Crippen MR) is 131 cm³/mol. The quantitative estimate of drug-likeness (QED) is 0.493. The van der Waals surface area contributed by atoms with Gasteiger partial charge in [-0.05, 0) is 56.8 Å². The standard InChI is InChI=1S/C24H27Cl2FN6O/c1-24(5-7-34-13-24)32-6-4-16(19(27)12-32)17-9-20-14(8-18(17)25)10-28-23(30-20)31-21-11-29-33(22(21)26)15-2-3-15/h8-11,15-16,19H,2-7,12-13H2,1H3,(H,28,30,31). The molecule has 3 fully saturated rings. The number of hydrogen-bond acceptors (Lipinski definition) is 6. The molecule has 1 saturated carbocycles. The SMILES string of the molecule is CC1(N2CCC(c3cc4nc(Nc5cnn(C6CC6)c5Cl)ncc4cc3Cl)C(F)C2)CCOC1. The lowest BCUT2D eigenvalue weighted by Crippen LogP contribution is -2.53. The van der Waals surface area contributed by atoms with Gasteiger partial charge in [-0.25, -0.2) is 19.0 Å². The van der Waals surface area contributed by atoms with Gasteiger partial charge in [0.2, 0.25) is 5.95 Å². The van der Waals surface area contributed by atoms with Crippen molar-refractivity contribution in [3.05, 3.63) is 40.3 Å². The van der Waals surface area contributed by atoms with Crippen molar-refractivity contribution in [3.63, 3.8) is 0 Å². The van der Waals surface area contributed by atoms with Crippen LogP contribution in [0.3, 0.4) is 0 Å². The molecule has 2 aromatic heterocycles. The van der Waals surface area contributed by atoms with Gasteiger partial charge in [-0.1, -0.05) is 23.2 Å². The zero-order chi connectivity index (χ0) is 23.4. The molecule has 0 radical (unpaired) electrons. The molecule has 2 aliphatic heterocycles. The van der Waals surface area contributed by atoms with E-state index < -0.39 is 6.17 Å². The van der Waals surface area contributed by atoms with Gasteiger partial charge in [0.1, 0.15) is 6.17 Å². The van der Waals surface area contributed by atoms with Gasteiger partial charge in [0, 0.05) is 41.2 Å². The average molecular weight is 505 g/mol. The molecule has 7 nitrogen and oxygen atoms in total. The van der Waals surface area contributed by atoms with Crippen molar-refractivity contribution >= 4 is 45.7 Å². The summed E-state index contributed by atoms with van der Waals surface area (Å²) in [4.78, 5) is 11.3. The number of anilines is 2. The number of nitrogens with one attached hydrogen (secondary N) is 1. The Bertz CT molecular complexity index is 1230. The molecule has 6 rings (SSSR count). The molecule has 0 amide bonds. The van der Waals surface area contributed by atoms with Crippen LogP contribution in [-0.2, 0) is 4.74 Å². The Hall–Kier alpha value is -2.00. The maximum absolute atomic E-state index is 15.5. The van der Waals surface area contributed by atoms with E-state index in [0.717, 1.165) is 43.4 Å². The normalized spacial score (nSPS) is 28.0. The summed E-state index contributed by atoms with van der Waals surface area (Å²) in [6.45, 7) is 4.78. The number of likely N-dealkylation sites (tertiary alicyclic amines) is 1. The van der Waals surface area contributed by atoms with Crippen LogP contribution in [-0.4, -0.2) is 62.7 Å². The molecule has 4 heterocycles. The molecule has 180 valence electrons. The van der Waals surface area contributed by atoms with E-state index in [0.29, 0.717) is 52.9 Å². The number of alkyl halides is 1. The van der Waals surface area contributed by atoms with Crippen LogP contribution in [0.5, 0.6) is 0 Å². The first-order valence-corrected chi connectivity index (χ1v) is 12.6. The summed E-state index contributed by atoms with van der Waals surface area (Å²) in [6, 6.07) is 4.13. The average Bonchev–Trinajstić information content (AvgIpc) is 3.46. The van der Waals surface area contributed by atoms with E-state index in [1.54, 1.807) is 12.4 Å². The Morgan fingerprint density at radius 1 is 1.21 bits per heavy atom. The molecule has 0 bridgehead atoms. The van der Waals surface area contributed by atoms with E-state index in [2.05, 4.69) is 32.2 Å². The summed E-state index contributed by atoms with van der Waals surface area (Å²) in [7, 11) is 0. The number of piperidine rings is 1. The fourth-order valence-electron chi connectivity index (χ4n) is 5.19. The largest absolute Gasteiger partial charge is 0.379 e. The van der Waals surface area contributed by atoms with Gasteiger partial charge in [-0.2, -0.15) is 5.10 Å². The summed E-state index contributed by atoms with van der Waals surface area (Å²) in [5, 5.41) is 9.45. The third-order valence-corrected chi connectivity index (χ3v) is 8.18. The van der Waals surface area contributed by atoms with Crippen LogP contribution < -0.4 is 5.32 Å².